The maximum Gasteiger partial charge on any atom is 0.408 e. The largest absolute Gasteiger partial charge is 0.444 e. The van der Waals surface area contributed by atoms with E-state index in [4.69, 9.17) is 9.47 Å². The van der Waals surface area contributed by atoms with Gasteiger partial charge >= 0.3 is 6.09 Å². The van der Waals surface area contributed by atoms with Crippen LogP contribution >= 0.6 is 0 Å². The van der Waals surface area contributed by atoms with Crippen LogP contribution in [0.2, 0.25) is 0 Å². The molecule has 1 fully saturated rings. The third-order valence-electron chi connectivity index (χ3n) is 4.29. The highest BCUT2D eigenvalue weighted by molar-refractivity contribution is 5.70. The minimum Gasteiger partial charge on any atom is -0.444 e. The summed E-state index contributed by atoms with van der Waals surface area (Å²) < 4.78 is 10.9. The lowest BCUT2D eigenvalue weighted by atomic mass is 9.88. The SMILES string of the molecule is CC(C)(C)OC(=O)N[C@H]1c2ccccc2C=C[C@@H]1N1CCOCC1. The molecule has 5 heteroatoms. The summed E-state index contributed by atoms with van der Waals surface area (Å²) in [6, 6.07) is 8.16. The molecule has 0 radical (unpaired) electrons. The van der Waals surface area contributed by atoms with Crippen LogP contribution in [0.5, 0.6) is 0 Å². The molecule has 1 amide bonds. The number of morpholine rings is 1. The van der Waals surface area contributed by atoms with Gasteiger partial charge in [0.25, 0.3) is 0 Å². The first-order valence-corrected chi connectivity index (χ1v) is 8.52. The molecular weight excluding hydrogens is 304 g/mol. The van der Waals surface area contributed by atoms with Crippen molar-refractivity contribution in [3.8, 4) is 0 Å². The van der Waals surface area contributed by atoms with Crippen LogP contribution in [0.25, 0.3) is 6.08 Å². The number of carbonyl (C=O) groups is 1. The molecule has 5 nitrogen and oxygen atoms in total. The molecule has 24 heavy (non-hydrogen) atoms. The van der Waals surface area contributed by atoms with E-state index in [1.807, 2.05) is 32.9 Å². The highest BCUT2D eigenvalue weighted by Gasteiger charge is 2.33. The highest BCUT2D eigenvalue weighted by Crippen LogP contribution is 2.31. The minimum atomic E-state index is -0.511. The second kappa shape index (κ2) is 6.95. The maximum absolute atomic E-state index is 12.4. The van der Waals surface area contributed by atoms with E-state index in [-0.39, 0.29) is 18.2 Å². The van der Waals surface area contributed by atoms with E-state index in [0.717, 1.165) is 37.4 Å². The molecule has 1 heterocycles. The Balaban J connectivity index is 1.84. The first-order chi connectivity index (χ1) is 11.4. The summed E-state index contributed by atoms with van der Waals surface area (Å²) >= 11 is 0. The number of nitrogens with zero attached hydrogens (tertiary/aromatic N) is 1. The molecule has 1 aromatic rings. The second-order valence-corrected chi connectivity index (χ2v) is 7.25. The predicted molar refractivity (Wildman–Crippen MR) is 93.8 cm³/mol. The summed E-state index contributed by atoms with van der Waals surface area (Å²) in [7, 11) is 0. The standard InChI is InChI=1S/C19H26N2O3/c1-19(2,3)24-18(22)20-17-15-7-5-4-6-14(15)8-9-16(17)21-10-12-23-13-11-21/h4-9,16-17H,10-13H2,1-3H3,(H,20,22)/t16-,17-/m0/s1. The van der Waals surface area contributed by atoms with Gasteiger partial charge in [0.1, 0.15) is 5.60 Å². The molecule has 2 atom stereocenters. The van der Waals surface area contributed by atoms with Crippen molar-refractivity contribution in [1.82, 2.24) is 10.2 Å². The van der Waals surface area contributed by atoms with Crippen molar-refractivity contribution < 1.29 is 14.3 Å². The summed E-state index contributed by atoms with van der Waals surface area (Å²) in [5.74, 6) is 0. The number of fused-ring (bicyclic) bond motifs is 1. The zero-order valence-electron chi connectivity index (χ0n) is 14.6. The Labute approximate surface area is 143 Å². The van der Waals surface area contributed by atoms with Gasteiger partial charge in [0.05, 0.1) is 25.3 Å². The number of carbonyl (C=O) groups excluding carboxylic acids is 1. The van der Waals surface area contributed by atoms with Gasteiger partial charge in [0.2, 0.25) is 0 Å². The third kappa shape index (κ3) is 3.97. The van der Waals surface area contributed by atoms with Crippen molar-refractivity contribution in [2.75, 3.05) is 26.3 Å². The Morgan fingerprint density at radius 3 is 2.67 bits per heavy atom. The maximum atomic E-state index is 12.4. The summed E-state index contributed by atoms with van der Waals surface area (Å²) in [6.07, 6.45) is 3.94. The molecule has 1 aliphatic carbocycles. The Morgan fingerprint density at radius 2 is 1.96 bits per heavy atom. The van der Waals surface area contributed by atoms with Crippen molar-refractivity contribution in [2.24, 2.45) is 0 Å². The lowest BCUT2D eigenvalue weighted by Crippen LogP contribution is -2.51. The molecule has 0 unspecified atom stereocenters. The molecule has 0 bridgehead atoms. The van der Waals surface area contributed by atoms with Crippen LogP contribution < -0.4 is 5.32 Å². The van der Waals surface area contributed by atoms with Gasteiger partial charge in [0.15, 0.2) is 0 Å². The van der Waals surface area contributed by atoms with E-state index in [1.165, 1.54) is 0 Å². The predicted octanol–water partition coefficient (Wildman–Crippen LogP) is 2.98. The summed E-state index contributed by atoms with van der Waals surface area (Å²) in [5, 5.41) is 3.08. The average Bonchev–Trinajstić information content (AvgIpc) is 2.54. The highest BCUT2D eigenvalue weighted by atomic mass is 16.6. The Hall–Kier alpha value is -1.85. The summed E-state index contributed by atoms with van der Waals surface area (Å²) in [6.45, 7) is 8.81. The fraction of sp³-hybridized carbons (Fsp3) is 0.526. The first kappa shape index (κ1) is 17.0. The van der Waals surface area contributed by atoms with E-state index in [2.05, 4.69) is 34.5 Å². The number of rotatable bonds is 2. The van der Waals surface area contributed by atoms with Gasteiger partial charge in [-0.15, -0.1) is 0 Å². The third-order valence-corrected chi connectivity index (χ3v) is 4.29. The zero-order valence-corrected chi connectivity index (χ0v) is 14.6. The lowest BCUT2D eigenvalue weighted by Gasteiger charge is -2.40. The van der Waals surface area contributed by atoms with E-state index in [9.17, 15) is 4.79 Å². The van der Waals surface area contributed by atoms with E-state index >= 15 is 0 Å². The fourth-order valence-electron chi connectivity index (χ4n) is 3.25. The van der Waals surface area contributed by atoms with Crippen LogP contribution in [-0.2, 0) is 9.47 Å². The summed E-state index contributed by atoms with van der Waals surface area (Å²) in [5.41, 5.74) is 1.76. The van der Waals surface area contributed by atoms with Crippen molar-refractivity contribution in [2.45, 2.75) is 38.5 Å². The molecule has 1 N–H and O–H groups in total. The number of nitrogens with one attached hydrogen (secondary N) is 1. The van der Waals surface area contributed by atoms with Gasteiger partial charge in [-0.2, -0.15) is 0 Å². The van der Waals surface area contributed by atoms with Gasteiger partial charge in [-0.05, 0) is 31.9 Å². The van der Waals surface area contributed by atoms with Crippen molar-refractivity contribution in [3.05, 3.63) is 41.5 Å². The number of hydrogen-bond donors (Lipinski definition) is 1. The van der Waals surface area contributed by atoms with E-state index in [1.54, 1.807) is 0 Å². The monoisotopic (exact) mass is 330 g/mol. The molecule has 1 saturated heterocycles. The Bertz CT molecular complexity index is 615. The summed E-state index contributed by atoms with van der Waals surface area (Å²) in [4.78, 5) is 14.7. The van der Waals surface area contributed by atoms with Crippen LogP contribution in [0.4, 0.5) is 4.79 Å². The van der Waals surface area contributed by atoms with Crippen LogP contribution in [0.3, 0.4) is 0 Å². The molecular formula is C19H26N2O3. The van der Waals surface area contributed by atoms with Crippen LogP contribution in [0, 0.1) is 0 Å². The van der Waals surface area contributed by atoms with Gasteiger partial charge in [-0.25, -0.2) is 4.79 Å². The van der Waals surface area contributed by atoms with Crippen LogP contribution in [0.15, 0.2) is 30.3 Å². The second-order valence-electron chi connectivity index (χ2n) is 7.25. The van der Waals surface area contributed by atoms with Crippen LogP contribution in [-0.4, -0.2) is 48.9 Å². The van der Waals surface area contributed by atoms with Gasteiger partial charge in [-0.3, -0.25) is 4.90 Å². The molecule has 1 aromatic carbocycles. The minimum absolute atomic E-state index is 0.108. The Morgan fingerprint density at radius 1 is 1.25 bits per heavy atom. The molecule has 130 valence electrons. The fourth-order valence-corrected chi connectivity index (χ4v) is 3.25. The lowest BCUT2D eigenvalue weighted by molar-refractivity contribution is 0.0145. The van der Waals surface area contributed by atoms with E-state index in [0.29, 0.717) is 0 Å². The molecule has 0 saturated carbocycles. The molecule has 0 spiro atoms. The van der Waals surface area contributed by atoms with Crippen molar-refractivity contribution >= 4 is 12.2 Å². The molecule has 1 aliphatic heterocycles. The number of benzene rings is 1. The average molecular weight is 330 g/mol. The quantitative estimate of drug-likeness (QED) is 0.906. The first-order valence-electron chi connectivity index (χ1n) is 8.52. The number of amides is 1. The van der Waals surface area contributed by atoms with Crippen LogP contribution in [0.1, 0.15) is 37.9 Å². The normalized spacial score (nSPS) is 24.3. The smallest absolute Gasteiger partial charge is 0.408 e. The number of ether oxygens (including phenoxy) is 2. The van der Waals surface area contributed by atoms with Crippen molar-refractivity contribution in [3.63, 3.8) is 0 Å². The Kier molecular flexibility index (Phi) is 4.92. The molecule has 2 aliphatic rings. The zero-order chi connectivity index (χ0) is 17.2. The molecule has 0 aromatic heterocycles. The van der Waals surface area contributed by atoms with Gasteiger partial charge in [0, 0.05) is 13.1 Å². The number of alkyl carbamates (subject to hydrolysis) is 1. The van der Waals surface area contributed by atoms with Gasteiger partial charge < -0.3 is 14.8 Å². The number of hydrogen-bond acceptors (Lipinski definition) is 4. The van der Waals surface area contributed by atoms with Gasteiger partial charge in [-0.1, -0.05) is 36.4 Å². The van der Waals surface area contributed by atoms with Crippen molar-refractivity contribution in [1.29, 1.82) is 0 Å². The van der Waals surface area contributed by atoms with E-state index < -0.39 is 5.60 Å². The topological polar surface area (TPSA) is 50.8 Å². The molecule has 3 rings (SSSR count).